The van der Waals surface area contributed by atoms with Gasteiger partial charge in [-0.2, -0.15) is 11.8 Å². The maximum atomic E-state index is 14.1. The van der Waals surface area contributed by atoms with Gasteiger partial charge in [-0.25, -0.2) is 0 Å². The van der Waals surface area contributed by atoms with E-state index in [1.54, 1.807) is 50.2 Å². The Labute approximate surface area is 287 Å². The first kappa shape index (κ1) is 36.2. The predicted octanol–water partition coefficient (Wildman–Crippen LogP) is 2.25. The minimum absolute atomic E-state index is 0.00412. The number of halogens is 1. The van der Waals surface area contributed by atoms with Crippen LogP contribution in [-0.4, -0.2) is 89.1 Å². The molecule has 2 aromatic rings. The van der Waals surface area contributed by atoms with Gasteiger partial charge in [-0.3, -0.25) is 28.8 Å². The zero-order valence-corrected chi connectivity index (χ0v) is 29.1. The van der Waals surface area contributed by atoms with Gasteiger partial charge >= 0.3 is 0 Å². The molecule has 3 heterocycles. The van der Waals surface area contributed by atoms with Crippen LogP contribution in [0.1, 0.15) is 61.3 Å². The molecular weight excluding hydrogens is 664 g/mol. The third-order valence-corrected chi connectivity index (χ3v) is 10.0. The molecule has 0 aliphatic carbocycles. The van der Waals surface area contributed by atoms with Gasteiger partial charge < -0.3 is 31.5 Å². The summed E-state index contributed by atoms with van der Waals surface area (Å²) in [5.74, 6) is -2.79. The number of carbonyl (C=O) groups is 6. The molecular formula is C32H41ClN6O6S2. The van der Waals surface area contributed by atoms with Crippen LogP contribution in [0.2, 0.25) is 4.34 Å². The summed E-state index contributed by atoms with van der Waals surface area (Å²) in [6.45, 7) is 5.08. The number of nitrogens with one attached hydrogen (secondary N) is 5. The number of rotatable bonds is 7. The third kappa shape index (κ3) is 9.48. The van der Waals surface area contributed by atoms with E-state index in [4.69, 9.17) is 11.6 Å². The van der Waals surface area contributed by atoms with Crippen LogP contribution < -0.4 is 26.6 Å². The Hall–Kier alpha value is -3.62. The summed E-state index contributed by atoms with van der Waals surface area (Å²) < 4.78 is 0.448. The summed E-state index contributed by atoms with van der Waals surface area (Å²) in [6.07, 6.45) is 2.14. The molecule has 15 heteroatoms. The smallest absolute Gasteiger partial charge is 0.261 e. The van der Waals surface area contributed by atoms with Crippen LogP contribution in [0.3, 0.4) is 0 Å². The Bertz CT molecular complexity index is 1470. The van der Waals surface area contributed by atoms with Crippen LogP contribution in [0.5, 0.6) is 0 Å². The molecule has 0 bridgehead atoms. The molecule has 2 aliphatic rings. The van der Waals surface area contributed by atoms with Crippen molar-refractivity contribution < 1.29 is 28.8 Å². The summed E-state index contributed by atoms with van der Waals surface area (Å²) >= 11 is 8.63. The summed E-state index contributed by atoms with van der Waals surface area (Å²) in [5.41, 5.74) is 0.679. The number of fused-ring (bicyclic) bond motifs is 1. The maximum absolute atomic E-state index is 14.1. The van der Waals surface area contributed by atoms with Crippen LogP contribution in [0, 0.1) is 5.92 Å². The average Bonchev–Trinajstić information content (AvgIpc) is 3.67. The standard InChI is InChI=1S/C32H41ClN6O6S2/c1-17(2)27-32(45)39-16-20(35-31(44)24-10-11-25(33)47-24)14-23(39)30(43)34-18(3)28(41)37-22(19-8-6-5-7-9-19)15-26(40)36-21(12-13-46-4)29(42)38-27/h5-11,17-18,20-23,27H,12-16H2,1-4H3,(H,34,43)(H,35,44)(H,36,40)(H,37,41)(H,38,42)/t18-,20-,21-,22-,23-,27-/m0/s1. The summed E-state index contributed by atoms with van der Waals surface area (Å²) in [4.78, 5) is 83.0. The molecule has 2 aliphatic heterocycles. The Morgan fingerprint density at radius 2 is 1.72 bits per heavy atom. The highest BCUT2D eigenvalue weighted by Gasteiger charge is 2.44. The van der Waals surface area contributed by atoms with Crippen molar-refractivity contribution in [2.24, 2.45) is 5.92 Å². The van der Waals surface area contributed by atoms with E-state index in [-0.39, 0.29) is 31.2 Å². The number of thiophene rings is 1. The highest BCUT2D eigenvalue weighted by atomic mass is 35.5. The van der Waals surface area contributed by atoms with Crippen molar-refractivity contribution in [3.63, 3.8) is 0 Å². The van der Waals surface area contributed by atoms with Gasteiger partial charge in [-0.15, -0.1) is 11.3 Å². The molecule has 6 amide bonds. The molecule has 254 valence electrons. The Morgan fingerprint density at radius 1 is 1.00 bits per heavy atom. The largest absolute Gasteiger partial charge is 0.347 e. The van der Waals surface area contributed by atoms with E-state index in [1.165, 1.54) is 23.6 Å². The predicted molar refractivity (Wildman–Crippen MR) is 182 cm³/mol. The van der Waals surface area contributed by atoms with Crippen molar-refractivity contribution >= 4 is 70.1 Å². The highest BCUT2D eigenvalue weighted by molar-refractivity contribution is 7.98. The van der Waals surface area contributed by atoms with Gasteiger partial charge in [0.2, 0.25) is 29.5 Å². The molecule has 0 radical (unpaired) electrons. The van der Waals surface area contributed by atoms with Crippen LogP contribution >= 0.6 is 34.7 Å². The molecule has 47 heavy (non-hydrogen) atoms. The number of nitrogens with zero attached hydrogens (tertiary/aromatic N) is 1. The van der Waals surface area contributed by atoms with Gasteiger partial charge in [0.25, 0.3) is 5.91 Å². The minimum Gasteiger partial charge on any atom is -0.347 e. The van der Waals surface area contributed by atoms with Crippen molar-refractivity contribution in [1.29, 1.82) is 0 Å². The van der Waals surface area contributed by atoms with E-state index < -0.39 is 65.8 Å². The second-order valence-corrected chi connectivity index (χ2v) is 14.8. The van der Waals surface area contributed by atoms with Gasteiger partial charge in [0.05, 0.1) is 21.7 Å². The molecule has 5 N–H and O–H groups in total. The van der Waals surface area contributed by atoms with E-state index in [0.717, 1.165) is 11.3 Å². The van der Waals surface area contributed by atoms with E-state index in [2.05, 4.69) is 26.6 Å². The number of carbonyl (C=O) groups excluding carboxylic acids is 6. The van der Waals surface area contributed by atoms with Gasteiger partial charge in [0.15, 0.2) is 0 Å². The molecule has 0 unspecified atom stereocenters. The molecule has 2 fully saturated rings. The lowest BCUT2D eigenvalue weighted by Crippen LogP contribution is -2.59. The van der Waals surface area contributed by atoms with Crippen molar-refractivity contribution in [2.75, 3.05) is 18.6 Å². The fourth-order valence-electron chi connectivity index (χ4n) is 5.62. The molecule has 0 saturated carbocycles. The zero-order chi connectivity index (χ0) is 34.2. The van der Waals surface area contributed by atoms with Crippen LogP contribution in [0.4, 0.5) is 0 Å². The Balaban J connectivity index is 1.67. The van der Waals surface area contributed by atoms with Crippen molar-refractivity contribution in [1.82, 2.24) is 31.5 Å². The highest BCUT2D eigenvalue weighted by Crippen LogP contribution is 2.25. The van der Waals surface area contributed by atoms with Gasteiger partial charge in [-0.1, -0.05) is 55.8 Å². The molecule has 1 aromatic heterocycles. The van der Waals surface area contributed by atoms with Crippen LogP contribution in [-0.2, 0) is 24.0 Å². The average molecular weight is 705 g/mol. The van der Waals surface area contributed by atoms with Gasteiger partial charge in [0.1, 0.15) is 24.2 Å². The Morgan fingerprint density at radius 3 is 2.36 bits per heavy atom. The summed E-state index contributed by atoms with van der Waals surface area (Å²) in [6, 6.07) is 6.83. The molecule has 2 saturated heterocycles. The van der Waals surface area contributed by atoms with Crippen molar-refractivity contribution in [3.8, 4) is 0 Å². The normalized spacial score (nSPS) is 26.3. The maximum Gasteiger partial charge on any atom is 0.261 e. The molecule has 0 spiro atoms. The molecule has 6 atom stereocenters. The molecule has 1 aromatic carbocycles. The molecule has 12 nitrogen and oxygen atoms in total. The van der Waals surface area contributed by atoms with E-state index in [9.17, 15) is 28.8 Å². The number of benzene rings is 1. The summed E-state index contributed by atoms with van der Waals surface area (Å²) in [7, 11) is 0. The van der Waals surface area contributed by atoms with Crippen LogP contribution in [0.25, 0.3) is 0 Å². The number of amides is 6. The lowest BCUT2D eigenvalue weighted by Gasteiger charge is -2.32. The number of thioether (sulfide) groups is 1. The third-order valence-electron chi connectivity index (χ3n) is 8.17. The van der Waals surface area contributed by atoms with Crippen molar-refractivity contribution in [2.45, 2.75) is 76.3 Å². The second-order valence-electron chi connectivity index (χ2n) is 12.1. The quantitative estimate of drug-likeness (QED) is 0.295. The number of hydrogen-bond donors (Lipinski definition) is 5. The second kappa shape index (κ2) is 16.5. The molecule has 4 rings (SSSR count). The fraction of sp³-hybridized carbons (Fsp3) is 0.500. The van der Waals surface area contributed by atoms with Gasteiger partial charge in [-0.05, 0) is 55.4 Å². The fourth-order valence-corrected chi connectivity index (χ4v) is 7.04. The summed E-state index contributed by atoms with van der Waals surface area (Å²) in [5, 5.41) is 14.1. The topological polar surface area (TPSA) is 166 Å². The zero-order valence-electron chi connectivity index (χ0n) is 26.7. The monoisotopic (exact) mass is 704 g/mol. The van der Waals surface area contributed by atoms with Crippen molar-refractivity contribution in [3.05, 3.63) is 57.2 Å². The van der Waals surface area contributed by atoms with Gasteiger partial charge in [0, 0.05) is 12.6 Å². The first-order chi connectivity index (χ1) is 22.4. The number of hydrogen-bond acceptors (Lipinski definition) is 8. The van der Waals surface area contributed by atoms with Crippen LogP contribution in [0.15, 0.2) is 42.5 Å². The first-order valence-electron chi connectivity index (χ1n) is 15.5. The lowest BCUT2D eigenvalue weighted by atomic mass is 10.0. The lowest BCUT2D eigenvalue weighted by molar-refractivity contribution is -0.143. The first-order valence-corrected chi connectivity index (χ1v) is 18.1. The SMILES string of the molecule is CSCC[C@@H]1NC(=O)C[C@@H](c2ccccc2)NC(=O)[C@H](C)NC(=O)[C@@H]2C[C@H](NC(=O)c3ccc(Cl)s3)CN2C(=O)[C@H](C(C)C)NC1=O. The minimum atomic E-state index is -1.03. The van der Waals surface area contributed by atoms with E-state index in [0.29, 0.717) is 27.0 Å². The Kier molecular flexibility index (Phi) is 12.7. The van der Waals surface area contributed by atoms with E-state index >= 15 is 0 Å². The van der Waals surface area contributed by atoms with E-state index in [1.807, 2.05) is 12.3 Å².